The van der Waals surface area contributed by atoms with E-state index in [1.165, 1.54) is 0 Å². The number of carbonyl (C=O) groups is 1. The summed E-state index contributed by atoms with van der Waals surface area (Å²) in [6, 6.07) is 5.11. The van der Waals surface area contributed by atoms with Crippen molar-refractivity contribution in [2.75, 3.05) is 11.9 Å². The molecule has 1 amide bonds. The molecule has 118 valence electrons. The van der Waals surface area contributed by atoms with Gasteiger partial charge < -0.3 is 9.15 Å². The molecule has 1 saturated carbocycles. The van der Waals surface area contributed by atoms with Crippen molar-refractivity contribution in [3.8, 4) is 5.75 Å². The van der Waals surface area contributed by atoms with Gasteiger partial charge in [0.15, 0.2) is 5.75 Å². The first-order valence-electron chi connectivity index (χ1n) is 7.10. The third kappa shape index (κ3) is 2.85. The van der Waals surface area contributed by atoms with Crippen molar-refractivity contribution < 1.29 is 13.9 Å². The first kappa shape index (κ1) is 14.0. The van der Waals surface area contributed by atoms with E-state index in [2.05, 4.69) is 25.9 Å². The van der Waals surface area contributed by atoms with E-state index in [0.29, 0.717) is 34.3 Å². The zero-order chi connectivity index (χ0) is 15.8. The number of aromatic amines is 1. The van der Waals surface area contributed by atoms with E-state index in [0.717, 1.165) is 12.8 Å². The van der Waals surface area contributed by atoms with Crippen LogP contribution >= 0.6 is 11.6 Å². The number of nitrogens with one attached hydrogen (secondary N) is 2. The minimum atomic E-state index is -0.510. The molecule has 0 spiro atoms. The Kier molecular flexibility index (Phi) is 3.38. The summed E-state index contributed by atoms with van der Waals surface area (Å²) in [7, 11) is 0. The monoisotopic (exact) mass is 333 g/mol. The SMILES string of the molecule is O=C(Nc1nn[nH]n1)c1oc2ccc(Cl)cc2c1OCC1CC1. The first-order valence-corrected chi connectivity index (χ1v) is 7.48. The van der Waals surface area contributed by atoms with Crippen LogP contribution in [0.3, 0.4) is 0 Å². The summed E-state index contributed by atoms with van der Waals surface area (Å²) in [5, 5.41) is 16.7. The van der Waals surface area contributed by atoms with Crippen molar-refractivity contribution in [3.63, 3.8) is 0 Å². The molecule has 1 fully saturated rings. The molecule has 2 heterocycles. The van der Waals surface area contributed by atoms with Crippen molar-refractivity contribution in [1.29, 1.82) is 0 Å². The number of nitrogens with zero attached hydrogens (tertiary/aromatic N) is 3. The molecule has 0 unspecified atom stereocenters. The van der Waals surface area contributed by atoms with Crippen molar-refractivity contribution in [2.45, 2.75) is 12.8 Å². The highest BCUT2D eigenvalue weighted by Gasteiger charge is 2.27. The molecule has 0 bridgehead atoms. The van der Waals surface area contributed by atoms with E-state index in [4.69, 9.17) is 20.8 Å². The van der Waals surface area contributed by atoms with E-state index < -0.39 is 5.91 Å². The van der Waals surface area contributed by atoms with Crippen LogP contribution < -0.4 is 10.1 Å². The standard InChI is InChI=1S/C14H12ClN5O3/c15-8-3-4-10-9(5-8)11(22-6-7-1-2-7)12(23-10)13(21)16-14-17-19-20-18-14/h3-5,7H,1-2,6H2,(H2,16,17,18,19,20,21). The van der Waals surface area contributed by atoms with Gasteiger partial charge in [0.05, 0.1) is 12.0 Å². The normalized spacial score (nSPS) is 14.1. The number of furan rings is 1. The van der Waals surface area contributed by atoms with Crippen LogP contribution in [0.15, 0.2) is 22.6 Å². The topological polar surface area (TPSA) is 106 Å². The van der Waals surface area contributed by atoms with Crippen LogP contribution in [0.25, 0.3) is 11.0 Å². The van der Waals surface area contributed by atoms with Crippen LogP contribution in [-0.4, -0.2) is 33.1 Å². The number of amides is 1. The lowest BCUT2D eigenvalue weighted by Crippen LogP contribution is -2.14. The maximum Gasteiger partial charge on any atom is 0.297 e. The summed E-state index contributed by atoms with van der Waals surface area (Å²) < 4.78 is 11.5. The number of H-pyrrole nitrogens is 1. The minimum absolute atomic E-state index is 0.0571. The van der Waals surface area contributed by atoms with Crippen LogP contribution in [0.4, 0.5) is 5.95 Å². The van der Waals surface area contributed by atoms with E-state index in [9.17, 15) is 4.79 Å². The number of aromatic nitrogens is 4. The molecule has 1 aliphatic rings. The average molecular weight is 334 g/mol. The van der Waals surface area contributed by atoms with Gasteiger partial charge in [-0.25, -0.2) is 0 Å². The number of rotatable bonds is 5. The Morgan fingerprint density at radius 2 is 2.35 bits per heavy atom. The molecular weight excluding hydrogens is 322 g/mol. The van der Waals surface area contributed by atoms with E-state index in [1.54, 1.807) is 18.2 Å². The van der Waals surface area contributed by atoms with E-state index >= 15 is 0 Å². The number of carbonyl (C=O) groups excluding carboxylic acids is 1. The van der Waals surface area contributed by atoms with E-state index in [1.807, 2.05) is 0 Å². The predicted molar refractivity (Wildman–Crippen MR) is 81.6 cm³/mol. The number of hydrogen-bond donors (Lipinski definition) is 2. The second-order valence-electron chi connectivity index (χ2n) is 5.34. The molecule has 23 heavy (non-hydrogen) atoms. The Morgan fingerprint density at radius 3 is 3.09 bits per heavy atom. The molecule has 3 aromatic rings. The highest BCUT2D eigenvalue weighted by atomic mass is 35.5. The second kappa shape index (κ2) is 5.54. The minimum Gasteiger partial charge on any atom is -0.488 e. The predicted octanol–water partition coefficient (Wildman–Crippen LogP) is 2.64. The number of benzene rings is 1. The summed E-state index contributed by atoms with van der Waals surface area (Å²) >= 11 is 6.04. The van der Waals surface area contributed by atoms with Crippen molar-refractivity contribution in [2.24, 2.45) is 5.92 Å². The molecule has 0 saturated heterocycles. The first-order chi connectivity index (χ1) is 11.2. The lowest BCUT2D eigenvalue weighted by Gasteiger charge is -2.05. The van der Waals surface area contributed by atoms with Crippen LogP contribution in [0.5, 0.6) is 5.75 Å². The fourth-order valence-electron chi connectivity index (χ4n) is 2.20. The third-order valence-electron chi connectivity index (χ3n) is 3.54. The van der Waals surface area contributed by atoms with Gasteiger partial charge in [-0.05, 0) is 42.2 Å². The van der Waals surface area contributed by atoms with Gasteiger partial charge in [-0.1, -0.05) is 16.7 Å². The maximum absolute atomic E-state index is 12.4. The fourth-order valence-corrected chi connectivity index (χ4v) is 2.37. The van der Waals surface area contributed by atoms with Gasteiger partial charge in [0.1, 0.15) is 5.58 Å². The molecule has 4 rings (SSSR count). The van der Waals surface area contributed by atoms with Crippen LogP contribution in [0, 0.1) is 5.92 Å². The summed E-state index contributed by atoms with van der Waals surface area (Å²) in [4.78, 5) is 12.4. The zero-order valence-electron chi connectivity index (χ0n) is 11.9. The number of fused-ring (bicyclic) bond motifs is 1. The van der Waals surface area contributed by atoms with Gasteiger partial charge >= 0.3 is 0 Å². The molecule has 0 radical (unpaired) electrons. The average Bonchev–Trinajstić information content (AvgIpc) is 3.09. The largest absolute Gasteiger partial charge is 0.488 e. The highest BCUT2D eigenvalue weighted by molar-refractivity contribution is 6.31. The van der Waals surface area contributed by atoms with E-state index in [-0.39, 0.29) is 11.7 Å². The molecule has 1 aliphatic carbocycles. The van der Waals surface area contributed by atoms with Gasteiger partial charge in [0, 0.05) is 5.02 Å². The summed E-state index contributed by atoms with van der Waals surface area (Å²) in [6.45, 7) is 0.545. The lowest BCUT2D eigenvalue weighted by atomic mass is 10.2. The lowest BCUT2D eigenvalue weighted by molar-refractivity contribution is 0.0992. The van der Waals surface area contributed by atoms with Crippen molar-refractivity contribution in [3.05, 3.63) is 29.0 Å². The molecule has 9 heteroatoms. The Labute approximate surface area is 135 Å². The maximum atomic E-state index is 12.4. The van der Waals surface area contributed by atoms with Gasteiger partial charge in [-0.3, -0.25) is 10.1 Å². The molecular formula is C14H12ClN5O3. The molecule has 2 N–H and O–H groups in total. The summed E-state index contributed by atoms with van der Waals surface area (Å²) in [6.07, 6.45) is 2.28. The Morgan fingerprint density at radius 1 is 1.48 bits per heavy atom. The Bertz CT molecular complexity index is 857. The number of ether oxygens (including phenoxy) is 1. The van der Waals surface area contributed by atoms with Gasteiger partial charge in [0.25, 0.3) is 11.9 Å². The number of halogens is 1. The van der Waals surface area contributed by atoms with Crippen molar-refractivity contribution in [1.82, 2.24) is 20.6 Å². The molecule has 1 aromatic carbocycles. The fraction of sp³-hybridized carbons (Fsp3) is 0.286. The third-order valence-corrected chi connectivity index (χ3v) is 3.78. The number of tetrazole rings is 1. The molecule has 0 atom stereocenters. The Hall–Kier alpha value is -2.61. The highest BCUT2D eigenvalue weighted by Crippen LogP contribution is 2.37. The number of anilines is 1. The van der Waals surface area contributed by atoms with Gasteiger partial charge in [-0.15, -0.1) is 5.10 Å². The summed E-state index contributed by atoms with van der Waals surface area (Å²) in [5.41, 5.74) is 0.526. The van der Waals surface area contributed by atoms with Crippen molar-refractivity contribution >= 4 is 34.4 Å². The van der Waals surface area contributed by atoms with Gasteiger partial charge in [-0.2, -0.15) is 5.21 Å². The summed E-state index contributed by atoms with van der Waals surface area (Å²) in [5.74, 6) is 0.529. The van der Waals surface area contributed by atoms with Crippen LogP contribution in [-0.2, 0) is 0 Å². The quantitative estimate of drug-likeness (QED) is 0.743. The number of hydrogen-bond acceptors (Lipinski definition) is 6. The molecule has 0 aliphatic heterocycles. The smallest absolute Gasteiger partial charge is 0.297 e. The Balaban J connectivity index is 1.70. The van der Waals surface area contributed by atoms with Crippen LogP contribution in [0.2, 0.25) is 5.02 Å². The second-order valence-corrected chi connectivity index (χ2v) is 5.78. The van der Waals surface area contributed by atoms with Crippen LogP contribution in [0.1, 0.15) is 23.4 Å². The van der Waals surface area contributed by atoms with Gasteiger partial charge in [0.2, 0.25) is 5.76 Å². The zero-order valence-corrected chi connectivity index (χ0v) is 12.6. The molecule has 8 nitrogen and oxygen atoms in total. The molecule has 2 aromatic heterocycles.